The van der Waals surface area contributed by atoms with E-state index in [9.17, 15) is 0 Å². The molecule has 0 radical (unpaired) electrons. The summed E-state index contributed by atoms with van der Waals surface area (Å²) in [5, 5.41) is 0. The van der Waals surface area contributed by atoms with Crippen LogP contribution >= 0.6 is 68.0 Å². The molecule has 0 aliphatic carbocycles. The van der Waals surface area contributed by atoms with Crippen LogP contribution in [0.1, 0.15) is 9.75 Å². The molecule has 0 amide bonds. The van der Waals surface area contributed by atoms with Gasteiger partial charge in [0.15, 0.2) is 0 Å². The summed E-state index contributed by atoms with van der Waals surface area (Å²) in [5.74, 6) is 0. The monoisotopic (exact) mass is 598 g/mol. The molecule has 7 aromatic rings. The second kappa shape index (κ2) is 10.2. The van der Waals surface area contributed by atoms with Crippen molar-refractivity contribution in [2.75, 3.05) is 0 Å². The second-order valence-electron chi connectivity index (χ2n) is 9.05. The van der Waals surface area contributed by atoms with E-state index in [-0.39, 0.29) is 0 Å². The first-order valence-corrected chi connectivity index (χ1v) is 17.1. The Bertz CT molecular complexity index is 1710. The first kappa shape index (κ1) is 24.5. The molecule has 0 N–H and O–H groups in total. The molecule has 6 aromatic heterocycles. The molecule has 0 nitrogen and oxygen atoms in total. The maximum atomic E-state index is 2.27. The number of benzene rings is 1. The molecule has 38 heavy (non-hydrogen) atoms. The highest BCUT2D eigenvalue weighted by molar-refractivity contribution is 7.28. The smallest absolute Gasteiger partial charge is 0.0449 e. The maximum Gasteiger partial charge on any atom is 0.0449 e. The predicted molar refractivity (Wildman–Crippen MR) is 176 cm³/mol. The summed E-state index contributed by atoms with van der Waals surface area (Å²) in [6.45, 7) is 4.34. The van der Waals surface area contributed by atoms with Crippen molar-refractivity contribution in [3.63, 3.8) is 0 Å². The molecule has 6 heterocycles. The third kappa shape index (κ3) is 4.81. The fourth-order valence-electron chi connectivity index (χ4n) is 4.39. The Balaban J connectivity index is 1.08. The highest BCUT2D eigenvalue weighted by Crippen LogP contribution is 2.44. The van der Waals surface area contributed by atoms with E-state index in [0.717, 1.165) is 0 Å². The summed E-state index contributed by atoms with van der Waals surface area (Å²) >= 11 is 11.3. The molecule has 0 aliphatic rings. The molecule has 0 unspecified atom stereocenters. The zero-order chi connectivity index (χ0) is 25.6. The van der Waals surface area contributed by atoms with Gasteiger partial charge in [-0.05, 0) is 97.8 Å². The van der Waals surface area contributed by atoms with Crippen LogP contribution in [0.5, 0.6) is 0 Å². The Morgan fingerprint density at radius 1 is 0.263 bits per heavy atom. The standard InChI is InChI=1S/C32H22S6/c1-19-3-9-25(33-19)27-15-17-31(37-27)29-13-11-23(35-29)21-5-7-22(8-6-21)24-12-14-30(36-24)32-18-16-28(38-32)26-10-4-20(2)34-26/h3-18H,1-2H3. The molecule has 0 saturated heterocycles. The van der Waals surface area contributed by atoms with Gasteiger partial charge in [0.25, 0.3) is 0 Å². The lowest BCUT2D eigenvalue weighted by Crippen LogP contribution is -1.74. The summed E-state index contributed by atoms with van der Waals surface area (Å²) in [6, 6.07) is 36.0. The second-order valence-corrected chi connectivity index (χ2v) is 16.0. The third-order valence-electron chi connectivity index (χ3n) is 6.33. The molecule has 186 valence electrons. The lowest BCUT2D eigenvalue weighted by Gasteiger charge is -2.01. The third-order valence-corrected chi connectivity index (χ3v) is 13.6. The molecule has 0 atom stereocenters. The Hall–Kier alpha value is -2.58. The number of aryl methyl sites for hydroxylation is 2. The van der Waals surface area contributed by atoms with E-state index >= 15 is 0 Å². The minimum Gasteiger partial charge on any atom is -0.140 e. The average Bonchev–Trinajstić information content (AvgIpc) is 3.76. The van der Waals surface area contributed by atoms with Crippen LogP contribution in [-0.2, 0) is 0 Å². The molecule has 0 fully saturated rings. The summed E-state index contributed by atoms with van der Waals surface area (Å²) in [4.78, 5) is 16.1. The number of hydrogen-bond donors (Lipinski definition) is 0. The van der Waals surface area contributed by atoms with Gasteiger partial charge in [-0.2, -0.15) is 0 Å². The van der Waals surface area contributed by atoms with Crippen molar-refractivity contribution in [1.82, 2.24) is 0 Å². The highest BCUT2D eigenvalue weighted by Gasteiger charge is 2.12. The Kier molecular flexibility index (Phi) is 6.56. The van der Waals surface area contributed by atoms with Gasteiger partial charge in [-0.1, -0.05) is 24.3 Å². The number of rotatable bonds is 6. The van der Waals surface area contributed by atoms with Crippen molar-refractivity contribution in [2.24, 2.45) is 0 Å². The van der Waals surface area contributed by atoms with E-state index in [4.69, 9.17) is 0 Å². The summed E-state index contributed by atoms with van der Waals surface area (Å²) in [6.07, 6.45) is 0. The van der Waals surface area contributed by atoms with Gasteiger partial charge >= 0.3 is 0 Å². The van der Waals surface area contributed by atoms with Crippen LogP contribution in [0.2, 0.25) is 0 Å². The molecule has 7 rings (SSSR count). The molecule has 0 aliphatic heterocycles. The zero-order valence-corrected chi connectivity index (χ0v) is 25.6. The van der Waals surface area contributed by atoms with Crippen LogP contribution in [0.3, 0.4) is 0 Å². The van der Waals surface area contributed by atoms with Gasteiger partial charge < -0.3 is 0 Å². The Morgan fingerprint density at radius 3 is 0.789 bits per heavy atom. The van der Waals surface area contributed by atoms with Crippen molar-refractivity contribution in [2.45, 2.75) is 13.8 Å². The quantitative estimate of drug-likeness (QED) is 0.179. The van der Waals surface area contributed by atoms with E-state index in [0.29, 0.717) is 0 Å². The first-order chi connectivity index (χ1) is 18.6. The normalized spacial score (nSPS) is 11.4. The Morgan fingerprint density at radius 2 is 0.500 bits per heavy atom. The molecular weight excluding hydrogens is 577 g/mol. The van der Waals surface area contributed by atoms with Gasteiger partial charge in [0.1, 0.15) is 0 Å². The fraction of sp³-hybridized carbons (Fsp3) is 0.0625. The van der Waals surface area contributed by atoms with E-state index in [1.54, 1.807) is 0 Å². The summed E-state index contributed by atoms with van der Waals surface area (Å²) in [7, 11) is 0. The largest absolute Gasteiger partial charge is 0.140 e. The van der Waals surface area contributed by atoms with Crippen LogP contribution < -0.4 is 0 Å². The average molecular weight is 599 g/mol. The minimum absolute atomic E-state index is 1.28. The van der Waals surface area contributed by atoms with Gasteiger partial charge in [0.2, 0.25) is 0 Å². The molecule has 1 aromatic carbocycles. The van der Waals surface area contributed by atoms with Crippen molar-refractivity contribution >= 4 is 68.0 Å². The molecule has 0 bridgehead atoms. The Labute approximate surface area is 246 Å². The van der Waals surface area contributed by atoms with Crippen LogP contribution in [0.4, 0.5) is 0 Å². The maximum absolute atomic E-state index is 2.27. The molecular formula is C32H22S6. The van der Waals surface area contributed by atoms with E-state index in [1.807, 2.05) is 68.0 Å². The highest BCUT2D eigenvalue weighted by atomic mass is 32.1. The van der Waals surface area contributed by atoms with Crippen molar-refractivity contribution in [3.05, 3.63) is 107 Å². The zero-order valence-electron chi connectivity index (χ0n) is 20.7. The SMILES string of the molecule is Cc1ccc(-c2ccc(-c3ccc(-c4ccc(-c5ccc(-c6ccc(-c7ccc(C)s7)s6)s5)cc4)s3)s2)s1. The van der Waals surface area contributed by atoms with Crippen LogP contribution in [0.15, 0.2) is 97.1 Å². The summed E-state index contributed by atoms with van der Waals surface area (Å²) in [5.41, 5.74) is 2.56. The van der Waals surface area contributed by atoms with Gasteiger partial charge in [-0.25, -0.2) is 0 Å². The number of hydrogen-bond acceptors (Lipinski definition) is 6. The number of thiophene rings is 6. The van der Waals surface area contributed by atoms with Crippen molar-refractivity contribution in [1.29, 1.82) is 0 Å². The molecule has 6 heteroatoms. The van der Waals surface area contributed by atoms with E-state index in [1.165, 1.54) is 69.7 Å². The van der Waals surface area contributed by atoms with E-state index < -0.39 is 0 Å². The minimum atomic E-state index is 1.28. The predicted octanol–water partition coefficient (Wildman–Crippen LogP) is 12.7. The van der Waals surface area contributed by atoms with Gasteiger partial charge in [-0.3, -0.25) is 0 Å². The van der Waals surface area contributed by atoms with Gasteiger partial charge in [0.05, 0.1) is 0 Å². The summed E-state index contributed by atoms with van der Waals surface area (Å²) < 4.78 is 0. The topological polar surface area (TPSA) is 0 Å². The molecule has 0 spiro atoms. The lowest BCUT2D eigenvalue weighted by atomic mass is 10.1. The van der Waals surface area contributed by atoms with Crippen LogP contribution in [0, 0.1) is 13.8 Å². The van der Waals surface area contributed by atoms with Crippen LogP contribution in [-0.4, -0.2) is 0 Å². The van der Waals surface area contributed by atoms with Crippen LogP contribution in [0.25, 0.3) is 59.9 Å². The van der Waals surface area contributed by atoms with Gasteiger partial charge in [0, 0.05) is 58.5 Å². The lowest BCUT2D eigenvalue weighted by molar-refractivity contribution is 1.64. The van der Waals surface area contributed by atoms with Crippen molar-refractivity contribution < 1.29 is 0 Å². The van der Waals surface area contributed by atoms with Gasteiger partial charge in [-0.15, -0.1) is 68.0 Å². The van der Waals surface area contributed by atoms with E-state index in [2.05, 4.69) is 111 Å². The fourth-order valence-corrected chi connectivity index (χ4v) is 10.5. The molecule has 0 saturated carbocycles. The first-order valence-electron chi connectivity index (χ1n) is 12.2. The van der Waals surface area contributed by atoms with Crippen molar-refractivity contribution in [3.8, 4) is 59.9 Å².